The van der Waals surface area contributed by atoms with E-state index in [1.807, 2.05) is 47.9 Å². The average Bonchev–Trinajstić information content (AvgIpc) is 2.82. The van der Waals surface area contributed by atoms with E-state index in [0.29, 0.717) is 5.92 Å². The summed E-state index contributed by atoms with van der Waals surface area (Å²) in [6.45, 7) is 13.2. The summed E-state index contributed by atoms with van der Waals surface area (Å²) >= 11 is 0. The quantitative estimate of drug-likeness (QED) is 0.418. The number of aryl methyl sites for hydroxylation is 1. The van der Waals surface area contributed by atoms with Gasteiger partial charge in [-0.2, -0.15) is 0 Å². The van der Waals surface area contributed by atoms with E-state index in [1.165, 1.54) is 5.57 Å². The molecule has 33 heavy (non-hydrogen) atoms. The highest BCUT2D eigenvalue weighted by Gasteiger charge is 2.30. The summed E-state index contributed by atoms with van der Waals surface area (Å²) in [5.41, 5.74) is 5.31. The van der Waals surface area contributed by atoms with Gasteiger partial charge < -0.3 is 0 Å². The van der Waals surface area contributed by atoms with Crippen LogP contribution in [0.3, 0.4) is 0 Å². The summed E-state index contributed by atoms with van der Waals surface area (Å²) in [5.74, 6) is 1.13. The molecule has 0 radical (unpaired) electrons. The molecule has 0 bridgehead atoms. The molecule has 0 saturated heterocycles. The molecule has 4 rings (SSSR count). The molecule has 2 atom stereocenters. The van der Waals surface area contributed by atoms with Gasteiger partial charge >= 0.3 is 0 Å². The van der Waals surface area contributed by atoms with E-state index in [0.717, 1.165) is 60.4 Å². The summed E-state index contributed by atoms with van der Waals surface area (Å²) in [6.07, 6.45) is 6.46. The molecule has 4 nitrogen and oxygen atoms in total. The van der Waals surface area contributed by atoms with Gasteiger partial charge in [-0.05, 0) is 61.6 Å². The van der Waals surface area contributed by atoms with Crippen LogP contribution in [0.15, 0.2) is 71.7 Å². The van der Waals surface area contributed by atoms with Crippen molar-refractivity contribution in [3.8, 4) is 0 Å². The molecular formula is C29H35N3O. The zero-order valence-electron chi connectivity index (χ0n) is 20.3. The van der Waals surface area contributed by atoms with E-state index in [2.05, 4.69) is 44.5 Å². The molecule has 0 spiro atoms. The van der Waals surface area contributed by atoms with E-state index in [-0.39, 0.29) is 17.0 Å². The van der Waals surface area contributed by atoms with Gasteiger partial charge in [0.25, 0.3) is 5.56 Å². The predicted octanol–water partition coefficient (Wildman–Crippen LogP) is 6.07. The highest BCUT2D eigenvalue weighted by molar-refractivity contribution is 5.32. The van der Waals surface area contributed by atoms with E-state index in [1.54, 1.807) is 6.20 Å². The van der Waals surface area contributed by atoms with Crippen molar-refractivity contribution in [1.82, 2.24) is 14.5 Å². The van der Waals surface area contributed by atoms with Gasteiger partial charge in [-0.15, -0.1) is 0 Å². The minimum atomic E-state index is -0.296. The van der Waals surface area contributed by atoms with Gasteiger partial charge in [0.1, 0.15) is 11.9 Å². The van der Waals surface area contributed by atoms with Crippen molar-refractivity contribution < 1.29 is 0 Å². The third kappa shape index (κ3) is 4.85. The van der Waals surface area contributed by atoms with Crippen LogP contribution in [-0.2, 0) is 12.8 Å². The number of nitrogens with zero attached hydrogens (tertiary/aromatic N) is 3. The molecule has 1 aromatic carbocycles. The Kier molecular flexibility index (Phi) is 6.64. The van der Waals surface area contributed by atoms with Gasteiger partial charge in [0.15, 0.2) is 0 Å². The fraction of sp³-hybridized carbons (Fsp3) is 0.414. The van der Waals surface area contributed by atoms with Crippen LogP contribution in [0.25, 0.3) is 0 Å². The van der Waals surface area contributed by atoms with Crippen LogP contribution in [0.2, 0.25) is 0 Å². The third-order valence-electron chi connectivity index (χ3n) is 7.23. The van der Waals surface area contributed by atoms with Gasteiger partial charge in [-0.25, -0.2) is 4.98 Å². The fourth-order valence-corrected chi connectivity index (χ4v) is 4.97. The first kappa shape index (κ1) is 23.2. The highest BCUT2D eigenvalue weighted by atomic mass is 16.1. The van der Waals surface area contributed by atoms with Crippen LogP contribution in [0.5, 0.6) is 0 Å². The van der Waals surface area contributed by atoms with Gasteiger partial charge in [0.05, 0.1) is 11.4 Å². The Labute approximate surface area is 197 Å². The van der Waals surface area contributed by atoms with Crippen LogP contribution in [0.1, 0.15) is 74.4 Å². The summed E-state index contributed by atoms with van der Waals surface area (Å²) < 4.78 is 1.84. The number of aromatic nitrogens is 3. The number of fused-ring (bicyclic) bond motifs is 1. The molecule has 1 aliphatic rings. The number of allylic oxidation sites excluding steroid dienone is 1. The Morgan fingerprint density at radius 1 is 1.18 bits per heavy atom. The minimum Gasteiger partial charge on any atom is -0.283 e. The molecule has 0 N–H and O–H groups in total. The first-order valence-electron chi connectivity index (χ1n) is 12.0. The van der Waals surface area contributed by atoms with E-state index < -0.39 is 0 Å². The van der Waals surface area contributed by atoms with E-state index in [4.69, 9.17) is 4.98 Å². The van der Waals surface area contributed by atoms with Crippen LogP contribution >= 0.6 is 0 Å². The topological polar surface area (TPSA) is 47.8 Å². The molecule has 2 unspecified atom stereocenters. The summed E-state index contributed by atoms with van der Waals surface area (Å²) in [7, 11) is 0. The molecule has 1 aliphatic carbocycles. The SMILES string of the molecule is C=C(CC(C)(C)CC)C1CCc2c(nc(C)n(C(c3ccccc3)c3ccccn3)c2=O)C1. The highest BCUT2D eigenvalue weighted by Crippen LogP contribution is 2.36. The predicted molar refractivity (Wildman–Crippen MR) is 134 cm³/mol. The standard InChI is InChI=1S/C29H35N3O/c1-6-29(4,5)19-20(2)23-15-16-24-26(18-23)31-21(3)32(28(24)33)27(22-12-8-7-9-13-22)25-14-10-11-17-30-25/h7-14,17,23,27H,2,6,15-16,18-19H2,1,3-5H3. The monoisotopic (exact) mass is 441 g/mol. The molecule has 3 aromatic rings. The fourth-order valence-electron chi connectivity index (χ4n) is 4.97. The molecule has 0 amide bonds. The molecule has 4 heteroatoms. The number of hydrogen-bond donors (Lipinski definition) is 0. The largest absolute Gasteiger partial charge is 0.283 e. The first-order chi connectivity index (χ1) is 15.8. The molecular weight excluding hydrogens is 406 g/mol. The van der Waals surface area contributed by atoms with Gasteiger partial charge in [0.2, 0.25) is 0 Å². The lowest BCUT2D eigenvalue weighted by Gasteiger charge is -2.31. The average molecular weight is 442 g/mol. The maximum Gasteiger partial charge on any atom is 0.257 e. The molecule has 172 valence electrons. The van der Waals surface area contributed by atoms with Crippen molar-refractivity contribution in [2.24, 2.45) is 11.3 Å². The molecule has 2 aromatic heterocycles. The van der Waals surface area contributed by atoms with Crippen molar-refractivity contribution >= 4 is 0 Å². The second-order valence-electron chi connectivity index (χ2n) is 10.1. The lowest BCUT2D eigenvalue weighted by atomic mass is 9.75. The van der Waals surface area contributed by atoms with E-state index >= 15 is 0 Å². The van der Waals surface area contributed by atoms with E-state index in [9.17, 15) is 4.79 Å². The van der Waals surface area contributed by atoms with Crippen LogP contribution in [-0.4, -0.2) is 14.5 Å². The Hall–Kier alpha value is -3.01. The smallest absolute Gasteiger partial charge is 0.257 e. The van der Waals surface area contributed by atoms with Gasteiger partial charge in [-0.3, -0.25) is 14.3 Å². The lowest BCUT2D eigenvalue weighted by Crippen LogP contribution is -2.36. The normalized spacial score (nSPS) is 16.8. The van der Waals surface area contributed by atoms with Crippen molar-refractivity contribution in [3.05, 3.63) is 106 Å². The molecule has 0 saturated carbocycles. The van der Waals surface area contributed by atoms with Gasteiger partial charge in [0, 0.05) is 11.8 Å². The molecule has 0 fully saturated rings. The van der Waals surface area contributed by atoms with Crippen molar-refractivity contribution in [1.29, 1.82) is 0 Å². The summed E-state index contributed by atoms with van der Waals surface area (Å²) in [5, 5.41) is 0. The zero-order chi connectivity index (χ0) is 23.6. The zero-order valence-corrected chi connectivity index (χ0v) is 20.3. The van der Waals surface area contributed by atoms with Crippen molar-refractivity contribution in [2.45, 2.75) is 65.8 Å². The molecule has 0 aliphatic heterocycles. The Morgan fingerprint density at radius 2 is 1.91 bits per heavy atom. The number of benzene rings is 1. The van der Waals surface area contributed by atoms with Crippen molar-refractivity contribution in [2.75, 3.05) is 0 Å². The first-order valence-corrected chi connectivity index (χ1v) is 12.0. The number of pyridine rings is 1. The summed E-state index contributed by atoms with van der Waals surface area (Å²) in [4.78, 5) is 23.4. The van der Waals surface area contributed by atoms with Crippen LogP contribution in [0, 0.1) is 18.3 Å². The number of hydrogen-bond acceptors (Lipinski definition) is 3. The second-order valence-corrected chi connectivity index (χ2v) is 10.1. The van der Waals surface area contributed by atoms with Crippen molar-refractivity contribution in [3.63, 3.8) is 0 Å². The minimum absolute atomic E-state index is 0.0648. The maximum atomic E-state index is 13.8. The van der Waals surface area contributed by atoms with Gasteiger partial charge in [-0.1, -0.05) is 75.7 Å². The van der Waals surface area contributed by atoms with Crippen LogP contribution < -0.4 is 5.56 Å². The lowest BCUT2D eigenvalue weighted by molar-refractivity contribution is 0.326. The maximum absolute atomic E-state index is 13.8. The summed E-state index contributed by atoms with van der Waals surface area (Å²) in [6, 6.07) is 15.7. The van der Waals surface area contributed by atoms with Crippen LogP contribution in [0.4, 0.5) is 0 Å². The Balaban J connectivity index is 1.73. The number of rotatable bonds is 7. The Morgan fingerprint density at radius 3 is 2.58 bits per heavy atom. The third-order valence-corrected chi connectivity index (χ3v) is 7.23. The Bertz CT molecular complexity index is 1140. The molecule has 2 heterocycles. The second kappa shape index (κ2) is 9.46.